The van der Waals surface area contributed by atoms with E-state index in [1.807, 2.05) is 25.1 Å². The number of carbonyl (C=O) groups excluding carboxylic acids is 1. The summed E-state index contributed by atoms with van der Waals surface area (Å²) in [4.78, 5) is 14.6. The number of rotatable bonds is 6. The highest BCUT2D eigenvalue weighted by Gasteiger charge is 2.22. The molecule has 1 heterocycles. The molecule has 4 heteroatoms. The van der Waals surface area contributed by atoms with Gasteiger partial charge in [0.05, 0.1) is 0 Å². The third kappa shape index (κ3) is 4.21. The number of nitrogens with one attached hydrogen (secondary N) is 1. The monoisotopic (exact) mass is 289 g/mol. The Labute approximate surface area is 127 Å². The molecule has 2 rings (SSSR count). The molecule has 1 amide bonds. The van der Waals surface area contributed by atoms with Gasteiger partial charge in [-0.05, 0) is 63.4 Å². The van der Waals surface area contributed by atoms with Crippen LogP contribution >= 0.6 is 0 Å². The number of likely N-dealkylation sites (tertiary alicyclic amines) is 1. The zero-order valence-electron chi connectivity index (χ0n) is 13.2. The molecular formula is C17H27N3O. The second kappa shape index (κ2) is 7.46. The van der Waals surface area contributed by atoms with E-state index in [2.05, 4.69) is 17.1 Å². The number of nitrogens with zero attached hydrogens (tertiary/aromatic N) is 1. The lowest BCUT2D eigenvalue weighted by Gasteiger charge is -2.22. The highest BCUT2D eigenvalue weighted by molar-refractivity contribution is 5.92. The first-order valence-corrected chi connectivity index (χ1v) is 8.00. The lowest BCUT2D eigenvalue weighted by Crippen LogP contribution is -2.30. The van der Waals surface area contributed by atoms with Crippen molar-refractivity contribution in [1.29, 1.82) is 0 Å². The van der Waals surface area contributed by atoms with E-state index in [0.29, 0.717) is 6.42 Å². The van der Waals surface area contributed by atoms with E-state index >= 15 is 0 Å². The Morgan fingerprint density at radius 3 is 3.05 bits per heavy atom. The van der Waals surface area contributed by atoms with Crippen molar-refractivity contribution in [3.8, 4) is 0 Å². The Bertz CT molecular complexity index is 487. The summed E-state index contributed by atoms with van der Waals surface area (Å²) in [6.07, 6.45) is 5.32. The fourth-order valence-electron chi connectivity index (χ4n) is 3.10. The molecule has 1 saturated heterocycles. The zero-order chi connectivity index (χ0) is 15.2. The van der Waals surface area contributed by atoms with Crippen molar-refractivity contribution >= 4 is 17.3 Å². The minimum absolute atomic E-state index is 0.0796. The Morgan fingerprint density at radius 2 is 2.29 bits per heavy atom. The Balaban J connectivity index is 1.76. The lowest BCUT2D eigenvalue weighted by atomic mass is 10.1. The van der Waals surface area contributed by atoms with Gasteiger partial charge in [-0.2, -0.15) is 0 Å². The normalized spacial score (nSPS) is 18.9. The molecule has 0 bridgehead atoms. The molecule has 1 atom stereocenters. The zero-order valence-corrected chi connectivity index (χ0v) is 13.2. The maximum Gasteiger partial charge on any atom is 0.224 e. The molecule has 3 N–H and O–H groups in total. The molecule has 1 aromatic carbocycles. The van der Waals surface area contributed by atoms with Gasteiger partial charge in [0.25, 0.3) is 0 Å². The Hall–Kier alpha value is -1.55. The van der Waals surface area contributed by atoms with E-state index in [1.165, 1.54) is 25.8 Å². The summed E-state index contributed by atoms with van der Waals surface area (Å²) >= 11 is 0. The maximum atomic E-state index is 12.0. The molecule has 1 unspecified atom stereocenters. The average molecular weight is 289 g/mol. The van der Waals surface area contributed by atoms with Crippen LogP contribution in [0.3, 0.4) is 0 Å². The summed E-state index contributed by atoms with van der Waals surface area (Å²) in [7, 11) is 0. The molecule has 1 aliphatic heterocycles. The number of hydrogen-bond acceptors (Lipinski definition) is 3. The predicted octanol–water partition coefficient (Wildman–Crippen LogP) is 3.17. The lowest BCUT2D eigenvalue weighted by molar-refractivity contribution is -0.116. The highest BCUT2D eigenvalue weighted by atomic mass is 16.1. The molecule has 0 spiro atoms. The smallest absolute Gasteiger partial charge is 0.224 e. The van der Waals surface area contributed by atoms with Crippen molar-refractivity contribution in [2.45, 2.75) is 52.0 Å². The van der Waals surface area contributed by atoms with Gasteiger partial charge in [-0.1, -0.05) is 13.0 Å². The van der Waals surface area contributed by atoms with Crippen molar-refractivity contribution in [2.75, 3.05) is 24.1 Å². The summed E-state index contributed by atoms with van der Waals surface area (Å²) < 4.78 is 0. The average Bonchev–Trinajstić information content (AvgIpc) is 2.91. The van der Waals surface area contributed by atoms with Crippen LogP contribution in [0.25, 0.3) is 0 Å². The van der Waals surface area contributed by atoms with Gasteiger partial charge in [0.2, 0.25) is 5.91 Å². The van der Waals surface area contributed by atoms with E-state index < -0.39 is 0 Å². The van der Waals surface area contributed by atoms with Gasteiger partial charge >= 0.3 is 0 Å². The predicted molar refractivity (Wildman–Crippen MR) is 88.3 cm³/mol. The SMILES string of the molecule is CCC1CCCN1CCCC(=O)Nc1cccc(N)c1C. The van der Waals surface area contributed by atoms with Crippen LogP contribution in [0.1, 0.15) is 44.6 Å². The van der Waals surface area contributed by atoms with Crippen LogP contribution in [0, 0.1) is 6.92 Å². The van der Waals surface area contributed by atoms with Crippen molar-refractivity contribution in [3.05, 3.63) is 23.8 Å². The number of nitrogen functional groups attached to an aromatic ring is 1. The fourth-order valence-corrected chi connectivity index (χ4v) is 3.10. The Kier molecular flexibility index (Phi) is 5.62. The topological polar surface area (TPSA) is 58.4 Å². The van der Waals surface area contributed by atoms with E-state index in [4.69, 9.17) is 5.73 Å². The first-order chi connectivity index (χ1) is 10.1. The van der Waals surface area contributed by atoms with Gasteiger partial charge in [0, 0.05) is 23.8 Å². The number of carbonyl (C=O) groups is 1. The molecular weight excluding hydrogens is 262 g/mol. The number of nitrogens with two attached hydrogens (primary N) is 1. The fraction of sp³-hybridized carbons (Fsp3) is 0.588. The first kappa shape index (κ1) is 15.8. The second-order valence-electron chi connectivity index (χ2n) is 5.91. The van der Waals surface area contributed by atoms with Crippen LogP contribution in [-0.4, -0.2) is 29.9 Å². The summed E-state index contributed by atoms with van der Waals surface area (Å²) in [5.74, 6) is 0.0796. The summed E-state index contributed by atoms with van der Waals surface area (Å²) in [5, 5.41) is 2.96. The number of amides is 1. The molecule has 4 nitrogen and oxygen atoms in total. The van der Waals surface area contributed by atoms with Crippen molar-refractivity contribution in [1.82, 2.24) is 4.90 Å². The van der Waals surface area contributed by atoms with E-state index in [0.717, 1.165) is 35.9 Å². The minimum Gasteiger partial charge on any atom is -0.398 e. The van der Waals surface area contributed by atoms with E-state index in [-0.39, 0.29) is 5.91 Å². The summed E-state index contributed by atoms with van der Waals surface area (Å²) in [5.41, 5.74) is 8.34. The van der Waals surface area contributed by atoms with Crippen LogP contribution in [0.2, 0.25) is 0 Å². The molecule has 0 saturated carbocycles. The quantitative estimate of drug-likeness (QED) is 0.791. The van der Waals surface area contributed by atoms with Gasteiger partial charge in [0.1, 0.15) is 0 Å². The molecule has 0 radical (unpaired) electrons. The third-order valence-corrected chi connectivity index (χ3v) is 4.47. The van der Waals surface area contributed by atoms with Gasteiger partial charge in [0.15, 0.2) is 0 Å². The second-order valence-corrected chi connectivity index (χ2v) is 5.91. The molecule has 0 aliphatic carbocycles. The third-order valence-electron chi connectivity index (χ3n) is 4.47. The minimum atomic E-state index is 0.0796. The van der Waals surface area contributed by atoms with Gasteiger partial charge in [-0.15, -0.1) is 0 Å². The molecule has 21 heavy (non-hydrogen) atoms. The summed E-state index contributed by atoms with van der Waals surface area (Å²) in [6.45, 7) is 6.40. The molecule has 1 aromatic rings. The van der Waals surface area contributed by atoms with Crippen LogP contribution in [0.4, 0.5) is 11.4 Å². The van der Waals surface area contributed by atoms with Gasteiger partial charge in [-0.25, -0.2) is 0 Å². The van der Waals surface area contributed by atoms with Crippen LogP contribution < -0.4 is 11.1 Å². The molecule has 1 aliphatic rings. The first-order valence-electron chi connectivity index (χ1n) is 8.00. The molecule has 1 fully saturated rings. The van der Waals surface area contributed by atoms with E-state index in [1.54, 1.807) is 0 Å². The number of anilines is 2. The van der Waals surface area contributed by atoms with Crippen molar-refractivity contribution in [2.24, 2.45) is 0 Å². The van der Waals surface area contributed by atoms with E-state index in [9.17, 15) is 4.79 Å². The van der Waals surface area contributed by atoms with Crippen molar-refractivity contribution in [3.63, 3.8) is 0 Å². The van der Waals surface area contributed by atoms with Crippen LogP contribution in [0.5, 0.6) is 0 Å². The summed E-state index contributed by atoms with van der Waals surface area (Å²) in [6, 6.07) is 6.35. The van der Waals surface area contributed by atoms with Crippen LogP contribution in [0.15, 0.2) is 18.2 Å². The molecule has 0 aromatic heterocycles. The highest BCUT2D eigenvalue weighted by Crippen LogP contribution is 2.22. The molecule has 116 valence electrons. The van der Waals surface area contributed by atoms with Crippen LogP contribution in [-0.2, 0) is 4.79 Å². The number of benzene rings is 1. The number of hydrogen-bond donors (Lipinski definition) is 2. The van der Waals surface area contributed by atoms with Gasteiger partial charge in [-0.3, -0.25) is 4.79 Å². The maximum absolute atomic E-state index is 12.0. The standard InChI is InChI=1S/C17H27N3O/c1-3-14-7-5-11-20(14)12-6-10-17(21)19-16-9-4-8-15(18)13(16)2/h4,8-9,14H,3,5-7,10-12,18H2,1-2H3,(H,19,21). The van der Waals surface area contributed by atoms with Gasteiger partial charge < -0.3 is 16.0 Å². The Morgan fingerprint density at radius 1 is 1.48 bits per heavy atom. The largest absolute Gasteiger partial charge is 0.398 e. The van der Waals surface area contributed by atoms with Crippen molar-refractivity contribution < 1.29 is 4.79 Å².